The molecule has 1 aliphatic rings. The molecule has 0 saturated heterocycles. The molecule has 21 heavy (non-hydrogen) atoms. The average Bonchev–Trinajstić information content (AvgIpc) is 2.90. The molecule has 0 aromatic heterocycles. The summed E-state index contributed by atoms with van der Waals surface area (Å²) in [7, 11) is 0. The van der Waals surface area contributed by atoms with E-state index in [1.54, 1.807) is 6.07 Å². The summed E-state index contributed by atoms with van der Waals surface area (Å²) in [5.41, 5.74) is 1.05. The van der Waals surface area contributed by atoms with Gasteiger partial charge in [0.15, 0.2) is 0 Å². The number of benzene rings is 1. The van der Waals surface area contributed by atoms with Crippen LogP contribution in [0.15, 0.2) is 18.2 Å². The van der Waals surface area contributed by atoms with E-state index < -0.39 is 0 Å². The first-order valence-electron chi connectivity index (χ1n) is 7.56. The van der Waals surface area contributed by atoms with E-state index in [1.807, 2.05) is 12.1 Å². The lowest BCUT2D eigenvalue weighted by Crippen LogP contribution is -2.32. The predicted octanol–water partition coefficient (Wildman–Crippen LogP) is 3.78. The molecule has 1 aromatic rings. The zero-order valence-corrected chi connectivity index (χ0v) is 13.6. The van der Waals surface area contributed by atoms with Crippen molar-refractivity contribution in [3.8, 4) is 0 Å². The topological polar surface area (TPSA) is 41.1 Å². The van der Waals surface area contributed by atoms with E-state index in [4.69, 9.17) is 23.2 Å². The summed E-state index contributed by atoms with van der Waals surface area (Å²) in [6, 6.07) is 5.49. The highest BCUT2D eigenvalue weighted by Crippen LogP contribution is 2.27. The number of hydrogen-bond acceptors (Lipinski definition) is 2. The van der Waals surface area contributed by atoms with Crippen molar-refractivity contribution < 1.29 is 4.79 Å². The van der Waals surface area contributed by atoms with Crippen molar-refractivity contribution in [3.63, 3.8) is 0 Å². The van der Waals surface area contributed by atoms with E-state index in [1.165, 1.54) is 25.7 Å². The van der Waals surface area contributed by atoms with Gasteiger partial charge in [-0.25, -0.2) is 0 Å². The summed E-state index contributed by atoms with van der Waals surface area (Å²) in [6.45, 7) is 2.08. The molecule has 1 amide bonds. The second-order valence-corrected chi connectivity index (χ2v) is 6.53. The maximum absolute atomic E-state index is 11.7. The average molecular weight is 329 g/mol. The third-order valence-electron chi connectivity index (χ3n) is 3.82. The van der Waals surface area contributed by atoms with Gasteiger partial charge in [-0.3, -0.25) is 4.79 Å². The number of carbonyl (C=O) groups excluding carboxylic acids is 1. The molecule has 0 spiro atoms. The van der Waals surface area contributed by atoms with Crippen LogP contribution in [0.5, 0.6) is 0 Å². The summed E-state index contributed by atoms with van der Waals surface area (Å²) in [6.07, 6.45) is 5.66. The minimum absolute atomic E-state index is 0.175. The summed E-state index contributed by atoms with van der Waals surface area (Å²) in [5, 5.41) is 7.52. The molecule has 0 heterocycles. The van der Waals surface area contributed by atoms with Crippen molar-refractivity contribution >= 4 is 29.1 Å². The fourth-order valence-corrected chi connectivity index (χ4v) is 3.36. The van der Waals surface area contributed by atoms with Crippen LogP contribution in [0, 0.1) is 5.92 Å². The molecule has 2 N–H and O–H groups in total. The minimum Gasteiger partial charge on any atom is -0.355 e. The third-order valence-corrected chi connectivity index (χ3v) is 4.26. The molecule has 0 atom stereocenters. The van der Waals surface area contributed by atoms with Gasteiger partial charge >= 0.3 is 0 Å². The normalized spacial score (nSPS) is 15.3. The van der Waals surface area contributed by atoms with Crippen LogP contribution in [0.2, 0.25) is 10.0 Å². The molecule has 5 heteroatoms. The molecule has 3 nitrogen and oxygen atoms in total. The Balaban J connectivity index is 1.58. The molecule has 1 aromatic carbocycles. The number of hydrogen-bond donors (Lipinski definition) is 2. The van der Waals surface area contributed by atoms with Gasteiger partial charge in [0.05, 0.1) is 0 Å². The van der Waals surface area contributed by atoms with E-state index in [9.17, 15) is 4.79 Å². The summed E-state index contributed by atoms with van der Waals surface area (Å²) in [4.78, 5) is 11.7. The van der Waals surface area contributed by atoms with Crippen LogP contribution < -0.4 is 10.6 Å². The largest absolute Gasteiger partial charge is 0.355 e. The highest BCUT2D eigenvalue weighted by molar-refractivity contribution is 6.34. The number of nitrogens with one attached hydrogen (secondary N) is 2. The number of amides is 1. The summed E-state index contributed by atoms with van der Waals surface area (Å²) in [5.74, 6) is 0.779. The molecule has 0 aliphatic heterocycles. The van der Waals surface area contributed by atoms with Crippen molar-refractivity contribution in [1.29, 1.82) is 0 Å². The van der Waals surface area contributed by atoms with Gasteiger partial charge in [-0.15, -0.1) is 0 Å². The summed E-state index contributed by atoms with van der Waals surface area (Å²) < 4.78 is 0. The Morgan fingerprint density at radius 2 is 1.76 bits per heavy atom. The number of carbonyl (C=O) groups is 1. The highest BCUT2D eigenvalue weighted by atomic mass is 35.5. The maximum atomic E-state index is 11.7. The Labute approximate surface area is 136 Å². The molecule has 1 aliphatic carbocycles. The van der Waals surface area contributed by atoms with Crippen LogP contribution in [0.1, 0.15) is 37.7 Å². The van der Waals surface area contributed by atoms with E-state index in [0.717, 1.165) is 12.1 Å². The van der Waals surface area contributed by atoms with Crippen molar-refractivity contribution in [1.82, 2.24) is 10.6 Å². The second-order valence-electron chi connectivity index (χ2n) is 5.66. The van der Waals surface area contributed by atoms with Crippen LogP contribution in [0.25, 0.3) is 0 Å². The lowest BCUT2D eigenvalue weighted by atomic mass is 10.0. The molecule has 2 rings (SSSR count). The monoisotopic (exact) mass is 328 g/mol. The Kier molecular flexibility index (Phi) is 6.81. The lowest BCUT2D eigenvalue weighted by Gasteiger charge is -2.10. The van der Waals surface area contributed by atoms with Gasteiger partial charge in [-0.2, -0.15) is 0 Å². The van der Waals surface area contributed by atoms with Crippen LogP contribution in [-0.4, -0.2) is 19.0 Å². The van der Waals surface area contributed by atoms with Gasteiger partial charge < -0.3 is 10.6 Å². The van der Waals surface area contributed by atoms with Gasteiger partial charge in [-0.05, 0) is 42.5 Å². The van der Waals surface area contributed by atoms with E-state index in [2.05, 4.69) is 10.6 Å². The van der Waals surface area contributed by atoms with E-state index in [-0.39, 0.29) is 5.91 Å². The van der Waals surface area contributed by atoms with Crippen molar-refractivity contribution in [2.45, 2.75) is 38.6 Å². The third kappa shape index (κ3) is 6.25. The molecule has 0 radical (unpaired) electrons. The van der Waals surface area contributed by atoms with Gasteiger partial charge in [0.25, 0.3) is 0 Å². The Morgan fingerprint density at radius 1 is 1.10 bits per heavy atom. The second kappa shape index (κ2) is 8.62. The fourth-order valence-electron chi connectivity index (χ4n) is 2.78. The van der Waals surface area contributed by atoms with Crippen LogP contribution in [0.3, 0.4) is 0 Å². The molecule has 1 fully saturated rings. The van der Waals surface area contributed by atoms with Gasteiger partial charge in [0.1, 0.15) is 0 Å². The SMILES string of the molecule is O=C(CC1CCCC1)NCCNCc1cc(Cl)cc(Cl)c1. The van der Waals surface area contributed by atoms with Crippen LogP contribution in [-0.2, 0) is 11.3 Å². The molecule has 0 bridgehead atoms. The Hall–Kier alpha value is -0.770. The van der Waals surface area contributed by atoms with E-state index in [0.29, 0.717) is 35.5 Å². The molecular formula is C16H22Cl2N2O. The molecular weight excluding hydrogens is 307 g/mol. The summed E-state index contributed by atoms with van der Waals surface area (Å²) >= 11 is 11.9. The first-order valence-corrected chi connectivity index (χ1v) is 8.31. The quantitative estimate of drug-likeness (QED) is 0.748. The molecule has 116 valence electrons. The van der Waals surface area contributed by atoms with Crippen molar-refractivity contribution in [2.24, 2.45) is 5.92 Å². The fraction of sp³-hybridized carbons (Fsp3) is 0.562. The lowest BCUT2D eigenvalue weighted by molar-refractivity contribution is -0.121. The number of rotatable bonds is 7. The first-order chi connectivity index (χ1) is 10.1. The van der Waals surface area contributed by atoms with Gasteiger partial charge in [0.2, 0.25) is 5.91 Å². The smallest absolute Gasteiger partial charge is 0.220 e. The standard InChI is InChI=1S/C16H22Cl2N2O/c17-14-7-13(8-15(18)10-14)11-19-5-6-20-16(21)9-12-3-1-2-4-12/h7-8,10,12,19H,1-6,9,11H2,(H,20,21). The predicted molar refractivity (Wildman–Crippen MR) is 87.8 cm³/mol. The number of halogens is 2. The molecule has 1 saturated carbocycles. The zero-order valence-electron chi connectivity index (χ0n) is 12.1. The first kappa shape index (κ1) is 16.6. The van der Waals surface area contributed by atoms with E-state index >= 15 is 0 Å². The maximum Gasteiger partial charge on any atom is 0.220 e. The zero-order chi connectivity index (χ0) is 15.1. The highest BCUT2D eigenvalue weighted by Gasteiger charge is 2.17. The Bertz CT molecular complexity index is 453. The van der Waals surface area contributed by atoms with Gasteiger partial charge in [0, 0.05) is 36.1 Å². The van der Waals surface area contributed by atoms with Gasteiger partial charge in [-0.1, -0.05) is 36.0 Å². The Morgan fingerprint density at radius 3 is 2.43 bits per heavy atom. The van der Waals surface area contributed by atoms with Crippen molar-refractivity contribution in [2.75, 3.05) is 13.1 Å². The molecule has 0 unspecified atom stereocenters. The van der Waals surface area contributed by atoms with Crippen LogP contribution >= 0.6 is 23.2 Å². The minimum atomic E-state index is 0.175. The van der Waals surface area contributed by atoms with Crippen molar-refractivity contribution in [3.05, 3.63) is 33.8 Å². The van der Waals surface area contributed by atoms with Crippen LogP contribution in [0.4, 0.5) is 0 Å².